The Kier molecular flexibility index (Phi) is 5.14. The number of para-hydroxylation sites is 1. The molecule has 4 heteroatoms. The summed E-state index contributed by atoms with van der Waals surface area (Å²) < 4.78 is 18.8. The predicted octanol–water partition coefficient (Wildman–Crippen LogP) is 4.28. The monoisotopic (exact) mass is 327 g/mol. The minimum atomic E-state index is -0.270. The summed E-state index contributed by atoms with van der Waals surface area (Å²) in [4.78, 5) is 14.7. The van der Waals surface area contributed by atoms with Crippen molar-refractivity contribution in [1.82, 2.24) is 4.90 Å². The van der Waals surface area contributed by atoms with E-state index in [-0.39, 0.29) is 11.7 Å². The molecule has 1 saturated heterocycles. The summed E-state index contributed by atoms with van der Waals surface area (Å²) in [6.07, 6.45) is 2.22. The number of nitrogens with zero attached hydrogens (tertiary/aromatic N) is 1. The van der Waals surface area contributed by atoms with E-state index in [0.29, 0.717) is 23.8 Å². The van der Waals surface area contributed by atoms with Crippen molar-refractivity contribution in [2.75, 3.05) is 13.1 Å². The van der Waals surface area contributed by atoms with Gasteiger partial charge in [-0.2, -0.15) is 0 Å². The molecule has 0 radical (unpaired) electrons. The van der Waals surface area contributed by atoms with Gasteiger partial charge in [-0.3, -0.25) is 4.79 Å². The Labute approximate surface area is 142 Å². The van der Waals surface area contributed by atoms with E-state index in [1.54, 1.807) is 12.1 Å². The Balaban J connectivity index is 1.72. The van der Waals surface area contributed by atoms with E-state index in [9.17, 15) is 9.18 Å². The number of likely N-dealkylation sites (tertiary alicyclic amines) is 1. The van der Waals surface area contributed by atoms with Crippen molar-refractivity contribution in [1.29, 1.82) is 0 Å². The summed E-state index contributed by atoms with van der Waals surface area (Å²) in [6.45, 7) is 4.08. The molecule has 1 aliphatic rings. The van der Waals surface area contributed by atoms with Gasteiger partial charge in [-0.05, 0) is 48.6 Å². The topological polar surface area (TPSA) is 29.5 Å². The van der Waals surface area contributed by atoms with Crippen LogP contribution >= 0.6 is 0 Å². The summed E-state index contributed by atoms with van der Waals surface area (Å²) in [5, 5.41) is 0. The highest BCUT2D eigenvalue weighted by atomic mass is 19.1. The molecule has 126 valence electrons. The fraction of sp³-hybridized carbons (Fsp3) is 0.350. The summed E-state index contributed by atoms with van der Waals surface area (Å²) in [5.41, 5.74) is 1.46. The molecule has 1 amide bonds. The molecule has 0 aromatic heterocycles. The third-order valence-corrected chi connectivity index (χ3v) is 4.37. The third kappa shape index (κ3) is 3.94. The molecule has 0 spiro atoms. The van der Waals surface area contributed by atoms with Gasteiger partial charge < -0.3 is 9.64 Å². The van der Waals surface area contributed by atoms with Crippen LogP contribution in [0.15, 0.2) is 48.5 Å². The van der Waals surface area contributed by atoms with Crippen molar-refractivity contribution >= 4 is 5.91 Å². The summed E-state index contributed by atoms with van der Waals surface area (Å²) in [5.74, 6) is 0.866. The summed E-state index contributed by atoms with van der Waals surface area (Å²) >= 11 is 0. The quantitative estimate of drug-likeness (QED) is 0.839. The average Bonchev–Trinajstić information content (AvgIpc) is 2.61. The Morgan fingerprint density at radius 1 is 1.21 bits per heavy atom. The SMILES string of the molecule is CC1CCCN(C(=O)c2ccccc2OCc2ccc(F)cc2)C1. The van der Waals surface area contributed by atoms with E-state index < -0.39 is 0 Å². The maximum absolute atomic E-state index is 13.0. The Bertz CT molecular complexity index is 699. The molecule has 1 unspecified atom stereocenters. The summed E-state index contributed by atoms with van der Waals surface area (Å²) in [6, 6.07) is 13.5. The fourth-order valence-corrected chi connectivity index (χ4v) is 3.06. The number of hydrogen-bond acceptors (Lipinski definition) is 2. The first-order valence-corrected chi connectivity index (χ1v) is 8.39. The highest BCUT2D eigenvalue weighted by molar-refractivity contribution is 5.97. The van der Waals surface area contributed by atoms with E-state index in [1.807, 2.05) is 29.2 Å². The molecule has 0 bridgehead atoms. The van der Waals surface area contributed by atoms with Crippen LogP contribution in [-0.4, -0.2) is 23.9 Å². The Morgan fingerprint density at radius 2 is 1.96 bits per heavy atom. The van der Waals surface area contributed by atoms with Gasteiger partial charge in [-0.25, -0.2) is 4.39 Å². The molecule has 1 aliphatic heterocycles. The smallest absolute Gasteiger partial charge is 0.257 e. The third-order valence-electron chi connectivity index (χ3n) is 4.37. The van der Waals surface area contributed by atoms with E-state index >= 15 is 0 Å². The number of halogens is 1. The predicted molar refractivity (Wildman–Crippen MR) is 91.5 cm³/mol. The molecule has 3 rings (SSSR count). The molecule has 0 aliphatic carbocycles. The molecule has 0 N–H and O–H groups in total. The first kappa shape index (κ1) is 16.5. The molecule has 2 aromatic carbocycles. The molecule has 1 fully saturated rings. The van der Waals surface area contributed by atoms with Crippen molar-refractivity contribution in [2.24, 2.45) is 5.92 Å². The molecule has 0 saturated carbocycles. The molecule has 1 atom stereocenters. The van der Waals surface area contributed by atoms with Crippen molar-refractivity contribution < 1.29 is 13.9 Å². The largest absolute Gasteiger partial charge is 0.488 e. The Morgan fingerprint density at radius 3 is 2.71 bits per heavy atom. The number of hydrogen-bond donors (Lipinski definition) is 0. The number of ether oxygens (including phenoxy) is 1. The summed E-state index contributed by atoms with van der Waals surface area (Å²) in [7, 11) is 0. The number of carbonyl (C=O) groups excluding carboxylic acids is 1. The zero-order valence-electron chi connectivity index (χ0n) is 13.9. The van der Waals surface area contributed by atoms with Crippen LogP contribution in [0.4, 0.5) is 4.39 Å². The second-order valence-electron chi connectivity index (χ2n) is 6.41. The van der Waals surface area contributed by atoms with Crippen molar-refractivity contribution in [3.8, 4) is 5.75 Å². The molecular formula is C20H22FNO2. The van der Waals surface area contributed by atoms with Crippen LogP contribution in [-0.2, 0) is 6.61 Å². The lowest BCUT2D eigenvalue weighted by molar-refractivity contribution is 0.0678. The molecule has 1 heterocycles. The lowest BCUT2D eigenvalue weighted by atomic mass is 9.99. The zero-order valence-corrected chi connectivity index (χ0v) is 13.9. The minimum Gasteiger partial charge on any atom is -0.488 e. The number of carbonyl (C=O) groups is 1. The Hall–Kier alpha value is -2.36. The highest BCUT2D eigenvalue weighted by Crippen LogP contribution is 2.24. The van der Waals surface area contributed by atoms with E-state index in [4.69, 9.17) is 4.74 Å². The number of benzene rings is 2. The van der Waals surface area contributed by atoms with Gasteiger partial charge in [0.15, 0.2) is 0 Å². The lowest BCUT2D eigenvalue weighted by Crippen LogP contribution is -2.39. The number of amides is 1. The maximum Gasteiger partial charge on any atom is 0.257 e. The maximum atomic E-state index is 13.0. The molecule has 2 aromatic rings. The van der Waals surface area contributed by atoms with Gasteiger partial charge in [0.2, 0.25) is 0 Å². The number of rotatable bonds is 4. The van der Waals surface area contributed by atoms with Gasteiger partial charge in [0.25, 0.3) is 5.91 Å². The van der Waals surface area contributed by atoms with Crippen LogP contribution in [0.5, 0.6) is 5.75 Å². The van der Waals surface area contributed by atoms with Gasteiger partial charge >= 0.3 is 0 Å². The van der Waals surface area contributed by atoms with Crippen LogP contribution in [0, 0.1) is 11.7 Å². The van der Waals surface area contributed by atoms with Gasteiger partial charge in [-0.1, -0.05) is 31.2 Å². The van der Waals surface area contributed by atoms with E-state index in [0.717, 1.165) is 25.1 Å². The van der Waals surface area contributed by atoms with Gasteiger partial charge in [-0.15, -0.1) is 0 Å². The highest BCUT2D eigenvalue weighted by Gasteiger charge is 2.24. The molecular weight excluding hydrogens is 305 g/mol. The minimum absolute atomic E-state index is 0.0243. The van der Waals surface area contributed by atoms with Crippen molar-refractivity contribution in [3.05, 3.63) is 65.5 Å². The van der Waals surface area contributed by atoms with Crippen LogP contribution < -0.4 is 4.74 Å². The first-order chi connectivity index (χ1) is 11.6. The average molecular weight is 327 g/mol. The zero-order chi connectivity index (χ0) is 16.9. The standard InChI is InChI=1S/C20H22FNO2/c1-15-5-4-12-22(13-15)20(23)18-6-2-3-7-19(18)24-14-16-8-10-17(21)11-9-16/h2-3,6-11,15H,4-5,12-14H2,1H3. The van der Waals surface area contributed by atoms with Crippen LogP contribution in [0.1, 0.15) is 35.7 Å². The normalized spacial score (nSPS) is 17.6. The second kappa shape index (κ2) is 7.47. The fourth-order valence-electron chi connectivity index (χ4n) is 3.06. The lowest BCUT2D eigenvalue weighted by Gasteiger charge is -2.31. The molecule has 24 heavy (non-hydrogen) atoms. The van der Waals surface area contributed by atoms with Gasteiger partial charge in [0, 0.05) is 13.1 Å². The van der Waals surface area contributed by atoms with Gasteiger partial charge in [0.05, 0.1) is 5.56 Å². The first-order valence-electron chi connectivity index (χ1n) is 8.39. The van der Waals surface area contributed by atoms with Crippen molar-refractivity contribution in [2.45, 2.75) is 26.4 Å². The van der Waals surface area contributed by atoms with Crippen molar-refractivity contribution in [3.63, 3.8) is 0 Å². The number of piperidine rings is 1. The van der Waals surface area contributed by atoms with E-state index in [1.165, 1.54) is 18.6 Å². The molecule has 3 nitrogen and oxygen atoms in total. The van der Waals surface area contributed by atoms with Crippen LogP contribution in [0.2, 0.25) is 0 Å². The van der Waals surface area contributed by atoms with Gasteiger partial charge in [0.1, 0.15) is 18.2 Å². The second-order valence-corrected chi connectivity index (χ2v) is 6.41. The van der Waals surface area contributed by atoms with Crippen LogP contribution in [0.3, 0.4) is 0 Å². The van der Waals surface area contributed by atoms with Crippen LogP contribution in [0.25, 0.3) is 0 Å². The van der Waals surface area contributed by atoms with E-state index in [2.05, 4.69) is 6.92 Å².